The number of nitrogens with zero attached hydrogens (tertiary/aromatic N) is 4. The maximum atomic E-state index is 12.4. The zero-order chi connectivity index (χ0) is 23.5. The van der Waals surface area contributed by atoms with Crippen LogP contribution in [0, 0.1) is 6.92 Å². The number of aryl methyl sites for hydroxylation is 1. The Hall–Kier alpha value is -3.58. The number of rotatable bonds is 7. The quantitative estimate of drug-likeness (QED) is 0.415. The SMILES string of the molecule is CCC(CC)n1cc(-c2cnc(C)c(-c3cc(-c4cccc(C(C)N)c4)no3)n2)ccc1=O. The van der Waals surface area contributed by atoms with Crippen molar-refractivity contribution in [2.75, 3.05) is 0 Å². The number of aromatic nitrogens is 4. The van der Waals surface area contributed by atoms with Crippen molar-refractivity contribution in [3.8, 4) is 34.0 Å². The van der Waals surface area contributed by atoms with Gasteiger partial charge in [0.2, 0.25) is 0 Å². The van der Waals surface area contributed by atoms with Gasteiger partial charge in [-0.1, -0.05) is 37.2 Å². The Labute approximate surface area is 193 Å². The van der Waals surface area contributed by atoms with Crippen molar-refractivity contribution in [3.63, 3.8) is 0 Å². The van der Waals surface area contributed by atoms with Gasteiger partial charge in [-0.05, 0) is 44.4 Å². The molecule has 3 heterocycles. The van der Waals surface area contributed by atoms with E-state index in [1.807, 2.05) is 50.4 Å². The minimum absolute atomic E-state index is 0.0124. The Morgan fingerprint density at radius 1 is 1.06 bits per heavy atom. The summed E-state index contributed by atoms with van der Waals surface area (Å²) in [6, 6.07) is 13.3. The van der Waals surface area contributed by atoms with Crippen LogP contribution in [0.5, 0.6) is 0 Å². The van der Waals surface area contributed by atoms with Crippen molar-refractivity contribution in [2.45, 2.75) is 52.6 Å². The van der Waals surface area contributed by atoms with Gasteiger partial charge in [0.1, 0.15) is 11.4 Å². The van der Waals surface area contributed by atoms with Crippen LogP contribution in [0.2, 0.25) is 0 Å². The molecule has 170 valence electrons. The maximum absolute atomic E-state index is 12.4. The van der Waals surface area contributed by atoms with Gasteiger partial charge >= 0.3 is 0 Å². The van der Waals surface area contributed by atoms with Gasteiger partial charge in [-0.15, -0.1) is 0 Å². The molecule has 0 aliphatic heterocycles. The molecule has 1 aromatic carbocycles. The predicted molar refractivity (Wildman–Crippen MR) is 130 cm³/mol. The average molecular weight is 444 g/mol. The van der Waals surface area contributed by atoms with Gasteiger partial charge in [0.15, 0.2) is 5.76 Å². The summed E-state index contributed by atoms with van der Waals surface area (Å²) in [5, 5.41) is 4.25. The van der Waals surface area contributed by atoms with Crippen molar-refractivity contribution in [2.24, 2.45) is 5.73 Å². The molecular formula is C26H29N5O2. The molecule has 0 bridgehead atoms. The van der Waals surface area contributed by atoms with Gasteiger partial charge < -0.3 is 14.8 Å². The van der Waals surface area contributed by atoms with Gasteiger partial charge in [0.05, 0.1) is 17.6 Å². The van der Waals surface area contributed by atoms with E-state index in [0.29, 0.717) is 22.8 Å². The molecule has 4 rings (SSSR count). The minimum atomic E-state index is -0.0654. The smallest absolute Gasteiger partial charge is 0.250 e. The largest absolute Gasteiger partial charge is 0.354 e. The summed E-state index contributed by atoms with van der Waals surface area (Å²) in [6.07, 6.45) is 5.36. The molecule has 2 N–H and O–H groups in total. The summed E-state index contributed by atoms with van der Waals surface area (Å²) in [7, 11) is 0. The van der Waals surface area contributed by atoms with Gasteiger partial charge in [0, 0.05) is 41.5 Å². The van der Waals surface area contributed by atoms with E-state index in [4.69, 9.17) is 15.2 Å². The molecule has 7 heteroatoms. The Balaban J connectivity index is 1.72. The lowest BCUT2D eigenvalue weighted by atomic mass is 10.0. The van der Waals surface area contributed by atoms with Crippen molar-refractivity contribution in [1.82, 2.24) is 19.7 Å². The van der Waals surface area contributed by atoms with Crippen molar-refractivity contribution >= 4 is 0 Å². The van der Waals surface area contributed by atoms with E-state index in [2.05, 4.69) is 24.0 Å². The Morgan fingerprint density at radius 2 is 1.85 bits per heavy atom. The van der Waals surface area contributed by atoms with E-state index in [9.17, 15) is 4.79 Å². The van der Waals surface area contributed by atoms with Gasteiger partial charge in [-0.3, -0.25) is 9.78 Å². The molecule has 0 fully saturated rings. The number of nitrogens with two attached hydrogens (primary N) is 1. The summed E-state index contributed by atoms with van der Waals surface area (Å²) >= 11 is 0. The van der Waals surface area contributed by atoms with Gasteiger partial charge in [0.25, 0.3) is 5.56 Å². The molecule has 0 radical (unpaired) electrons. The number of pyridine rings is 1. The highest BCUT2D eigenvalue weighted by Crippen LogP contribution is 2.29. The van der Waals surface area contributed by atoms with E-state index in [1.165, 1.54) is 0 Å². The summed E-state index contributed by atoms with van der Waals surface area (Å²) < 4.78 is 7.44. The fourth-order valence-corrected chi connectivity index (χ4v) is 3.95. The van der Waals surface area contributed by atoms with Crippen LogP contribution in [0.15, 0.2) is 64.2 Å². The van der Waals surface area contributed by atoms with Crippen LogP contribution in [0.4, 0.5) is 0 Å². The third-order valence-corrected chi connectivity index (χ3v) is 5.98. The fraction of sp³-hybridized carbons (Fsp3) is 0.308. The molecule has 4 aromatic rings. The molecule has 1 unspecified atom stereocenters. The summed E-state index contributed by atoms with van der Waals surface area (Å²) in [6.45, 7) is 8.01. The molecule has 1 atom stereocenters. The van der Waals surface area contributed by atoms with Crippen LogP contribution in [0.1, 0.15) is 57.0 Å². The Morgan fingerprint density at radius 3 is 2.58 bits per heavy atom. The standard InChI is InChI=1S/C26H29N5O2/c1-5-21(6-2)31-15-20(10-11-25(31)32)23-14-28-17(4)26(29-23)24-13-22(30-33-24)19-9-7-8-18(12-19)16(3)27/h7-16,21H,5-6,27H2,1-4H3. The summed E-state index contributed by atoms with van der Waals surface area (Å²) in [5.74, 6) is 0.538. The minimum Gasteiger partial charge on any atom is -0.354 e. The van der Waals surface area contributed by atoms with Crippen LogP contribution in [-0.4, -0.2) is 19.7 Å². The lowest BCUT2D eigenvalue weighted by Crippen LogP contribution is -2.23. The Kier molecular flexibility index (Phi) is 6.51. The summed E-state index contributed by atoms with van der Waals surface area (Å²) in [5.41, 5.74) is 11.5. The van der Waals surface area contributed by atoms with E-state index >= 15 is 0 Å². The first-order chi connectivity index (χ1) is 15.9. The second-order valence-electron chi connectivity index (χ2n) is 8.31. The zero-order valence-electron chi connectivity index (χ0n) is 19.4. The first kappa shape index (κ1) is 22.6. The third kappa shape index (κ3) is 4.64. The molecule has 0 aliphatic carbocycles. The fourth-order valence-electron chi connectivity index (χ4n) is 3.95. The topological polar surface area (TPSA) is 99.8 Å². The Bertz CT molecular complexity index is 1320. The van der Waals surface area contributed by atoms with Gasteiger partial charge in [-0.2, -0.15) is 0 Å². The maximum Gasteiger partial charge on any atom is 0.250 e. The molecule has 0 aliphatic rings. The molecule has 7 nitrogen and oxygen atoms in total. The molecule has 0 spiro atoms. The first-order valence-electron chi connectivity index (χ1n) is 11.3. The second-order valence-corrected chi connectivity index (χ2v) is 8.31. The van der Waals surface area contributed by atoms with Crippen LogP contribution < -0.4 is 11.3 Å². The highest BCUT2D eigenvalue weighted by atomic mass is 16.5. The normalized spacial score (nSPS) is 12.3. The van der Waals surface area contributed by atoms with E-state index < -0.39 is 0 Å². The van der Waals surface area contributed by atoms with Crippen LogP contribution in [0.25, 0.3) is 34.0 Å². The van der Waals surface area contributed by atoms with E-state index in [0.717, 1.165) is 35.2 Å². The van der Waals surface area contributed by atoms with Crippen LogP contribution in [-0.2, 0) is 0 Å². The van der Waals surface area contributed by atoms with Crippen molar-refractivity contribution in [1.29, 1.82) is 0 Å². The van der Waals surface area contributed by atoms with Crippen molar-refractivity contribution < 1.29 is 4.52 Å². The molecule has 3 aromatic heterocycles. The predicted octanol–water partition coefficient (Wildman–Crippen LogP) is 5.32. The highest BCUT2D eigenvalue weighted by molar-refractivity contribution is 5.68. The lowest BCUT2D eigenvalue weighted by molar-refractivity contribution is 0.433. The van der Waals surface area contributed by atoms with E-state index in [1.54, 1.807) is 22.9 Å². The average Bonchev–Trinajstić information content (AvgIpc) is 3.31. The molecular weight excluding hydrogens is 414 g/mol. The monoisotopic (exact) mass is 443 g/mol. The van der Waals surface area contributed by atoms with Crippen molar-refractivity contribution in [3.05, 3.63) is 76.5 Å². The highest BCUT2D eigenvalue weighted by Gasteiger charge is 2.16. The van der Waals surface area contributed by atoms with E-state index in [-0.39, 0.29) is 17.6 Å². The molecule has 33 heavy (non-hydrogen) atoms. The number of hydrogen-bond donors (Lipinski definition) is 1. The van der Waals surface area contributed by atoms with Gasteiger partial charge in [-0.25, -0.2) is 4.98 Å². The molecule has 0 saturated heterocycles. The second kappa shape index (κ2) is 9.50. The number of hydrogen-bond acceptors (Lipinski definition) is 6. The number of benzene rings is 1. The lowest BCUT2D eigenvalue weighted by Gasteiger charge is -2.17. The van der Waals surface area contributed by atoms with Crippen LogP contribution >= 0.6 is 0 Å². The van der Waals surface area contributed by atoms with Crippen LogP contribution in [0.3, 0.4) is 0 Å². The summed E-state index contributed by atoms with van der Waals surface area (Å²) in [4.78, 5) is 21.8. The third-order valence-electron chi connectivity index (χ3n) is 5.98. The molecule has 0 amide bonds. The molecule has 0 saturated carbocycles. The first-order valence-corrected chi connectivity index (χ1v) is 11.3. The zero-order valence-corrected chi connectivity index (χ0v) is 19.4.